The lowest BCUT2D eigenvalue weighted by Gasteiger charge is -2.12. The van der Waals surface area contributed by atoms with E-state index < -0.39 is 23.8 Å². The van der Waals surface area contributed by atoms with Crippen molar-refractivity contribution in [2.24, 2.45) is 0 Å². The third kappa shape index (κ3) is 4.04. The van der Waals surface area contributed by atoms with Gasteiger partial charge in [-0.2, -0.15) is 5.26 Å². The van der Waals surface area contributed by atoms with Crippen LogP contribution < -0.4 is 5.32 Å². The number of furan rings is 1. The average Bonchev–Trinajstić information content (AvgIpc) is 3.31. The molecule has 0 aliphatic rings. The third-order valence-corrected chi connectivity index (χ3v) is 4.45. The topological polar surface area (TPSA) is 92.3 Å². The van der Waals surface area contributed by atoms with E-state index in [1.165, 1.54) is 42.5 Å². The summed E-state index contributed by atoms with van der Waals surface area (Å²) in [5.41, 5.74) is 0.538. The molecule has 27 heavy (non-hydrogen) atoms. The standard InChI is InChI=1S/C19H13FN2O4S/c1-11(17(23)22-18-12(10-21)8-9-27-18)25-19(24)16-7-6-15(26-16)13-4-2-3-5-14(13)20/h2-9,11H,1H3,(H,22,23)/t11-/m1/s1. The van der Waals surface area contributed by atoms with E-state index in [0.717, 1.165) is 0 Å². The molecule has 0 aliphatic heterocycles. The number of rotatable bonds is 5. The average molecular weight is 384 g/mol. The number of carbonyl (C=O) groups excluding carboxylic acids is 2. The Kier molecular flexibility index (Phi) is 5.33. The first-order valence-corrected chi connectivity index (χ1v) is 8.71. The number of benzene rings is 1. The highest BCUT2D eigenvalue weighted by Gasteiger charge is 2.23. The van der Waals surface area contributed by atoms with Crippen LogP contribution >= 0.6 is 11.3 Å². The lowest BCUT2D eigenvalue weighted by molar-refractivity contribution is -0.123. The summed E-state index contributed by atoms with van der Waals surface area (Å²) in [4.78, 5) is 24.3. The number of hydrogen-bond donors (Lipinski definition) is 1. The molecule has 1 aromatic carbocycles. The van der Waals surface area contributed by atoms with Gasteiger partial charge in [-0.1, -0.05) is 12.1 Å². The molecule has 8 heteroatoms. The number of ether oxygens (including phenoxy) is 1. The summed E-state index contributed by atoms with van der Waals surface area (Å²) in [5.74, 6) is -1.89. The van der Waals surface area contributed by atoms with Crippen molar-refractivity contribution < 1.29 is 23.1 Å². The predicted octanol–water partition coefficient (Wildman–Crippen LogP) is 4.20. The van der Waals surface area contributed by atoms with E-state index in [9.17, 15) is 14.0 Å². The van der Waals surface area contributed by atoms with Gasteiger partial charge in [-0.05, 0) is 42.6 Å². The summed E-state index contributed by atoms with van der Waals surface area (Å²) in [6.07, 6.45) is -1.12. The molecule has 0 radical (unpaired) electrons. The van der Waals surface area contributed by atoms with E-state index in [0.29, 0.717) is 10.6 Å². The molecule has 1 amide bonds. The van der Waals surface area contributed by atoms with Crippen LogP contribution in [0.1, 0.15) is 23.0 Å². The number of halogens is 1. The molecule has 6 nitrogen and oxygen atoms in total. The van der Waals surface area contributed by atoms with Gasteiger partial charge in [0, 0.05) is 0 Å². The fourth-order valence-corrected chi connectivity index (χ4v) is 2.97. The Morgan fingerprint density at radius 2 is 2.04 bits per heavy atom. The smallest absolute Gasteiger partial charge is 0.375 e. The molecule has 0 fully saturated rings. The molecule has 0 bridgehead atoms. The fraction of sp³-hybridized carbons (Fsp3) is 0.105. The maximum atomic E-state index is 13.8. The quantitative estimate of drug-likeness (QED) is 0.666. The minimum atomic E-state index is -1.12. The molecule has 0 saturated heterocycles. The molecule has 3 aromatic rings. The van der Waals surface area contributed by atoms with E-state index >= 15 is 0 Å². The Morgan fingerprint density at radius 1 is 1.26 bits per heavy atom. The first kappa shape index (κ1) is 18.4. The summed E-state index contributed by atoms with van der Waals surface area (Å²) in [6, 6.07) is 12.3. The van der Waals surface area contributed by atoms with Crippen molar-refractivity contribution in [1.82, 2.24) is 0 Å². The molecule has 0 saturated carbocycles. The van der Waals surface area contributed by atoms with Crippen LogP contribution in [-0.4, -0.2) is 18.0 Å². The van der Waals surface area contributed by atoms with E-state index in [1.807, 2.05) is 6.07 Å². The Hall–Kier alpha value is -3.44. The zero-order valence-corrected chi connectivity index (χ0v) is 14.9. The van der Waals surface area contributed by atoms with Gasteiger partial charge >= 0.3 is 5.97 Å². The molecule has 2 aromatic heterocycles. The summed E-state index contributed by atoms with van der Waals surface area (Å²) in [7, 11) is 0. The number of nitrogens with zero attached hydrogens (tertiary/aromatic N) is 1. The van der Waals surface area contributed by atoms with Gasteiger partial charge < -0.3 is 14.5 Å². The van der Waals surface area contributed by atoms with Crippen LogP contribution in [-0.2, 0) is 9.53 Å². The maximum Gasteiger partial charge on any atom is 0.375 e. The Morgan fingerprint density at radius 3 is 2.78 bits per heavy atom. The number of amides is 1. The largest absolute Gasteiger partial charge is 0.449 e. The van der Waals surface area contributed by atoms with Crippen LogP contribution in [0, 0.1) is 17.1 Å². The van der Waals surface area contributed by atoms with E-state index in [1.54, 1.807) is 23.6 Å². The van der Waals surface area contributed by atoms with Gasteiger partial charge in [0.25, 0.3) is 5.91 Å². The van der Waals surface area contributed by atoms with Crippen molar-refractivity contribution in [3.63, 3.8) is 0 Å². The van der Waals surface area contributed by atoms with Crippen LogP contribution in [0.2, 0.25) is 0 Å². The zero-order chi connectivity index (χ0) is 19.4. The lowest BCUT2D eigenvalue weighted by Crippen LogP contribution is -2.29. The van der Waals surface area contributed by atoms with Crippen LogP contribution in [0.5, 0.6) is 0 Å². The van der Waals surface area contributed by atoms with E-state index in [2.05, 4.69) is 5.32 Å². The minimum Gasteiger partial charge on any atom is -0.449 e. The minimum absolute atomic E-state index is 0.151. The Labute approximate surface area is 157 Å². The van der Waals surface area contributed by atoms with Crippen LogP contribution in [0.3, 0.4) is 0 Å². The maximum absolute atomic E-state index is 13.8. The van der Waals surface area contributed by atoms with Gasteiger partial charge in [-0.3, -0.25) is 4.79 Å². The number of anilines is 1. The monoisotopic (exact) mass is 384 g/mol. The normalized spacial score (nSPS) is 11.4. The summed E-state index contributed by atoms with van der Waals surface area (Å²) < 4.78 is 24.2. The number of hydrogen-bond acceptors (Lipinski definition) is 6. The second-order valence-corrected chi connectivity index (χ2v) is 6.37. The zero-order valence-electron chi connectivity index (χ0n) is 14.1. The number of thiophene rings is 1. The van der Waals surface area contributed by atoms with Gasteiger partial charge in [0.05, 0.1) is 11.1 Å². The van der Waals surface area contributed by atoms with E-state index in [-0.39, 0.29) is 17.1 Å². The predicted molar refractivity (Wildman–Crippen MR) is 96.6 cm³/mol. The first-order valence-electron chi connectivity index (χ1n) is 7.83. The van der Waals surface area contributed by atoms with Crippen molar-refractivity contribution in [3.8, 4) is 17.4 Å². The highest BCUT2D eigenvalue weighted by Crippen LogP contribution is 2.25. The van der Waals surface area contributed by atoms with Gasteiger partial charge in [0.1, 0.15) is 22.6 Å². The lowest BCUT2D eigenvalue weighted by atomic mass is 10.1. The molecular weight excluding hydrogens is 371 g/mol. The SMILES string of the molecule is C[C@@H](OC(=O)c1ccc(-c2ccccc2F)o1)C(=O)Nc1sccc1C#N. The number of esters is 1. The molecule has 0 spiro atoms. The van der Waals surface area contributed by atoms with Crippen LogP contribution in [0.25, 0.3) is 11.3 Å². The van der Waals surface area contributed by atoms with Crippen molar-refractivity contribution in [2.45, 2.75) is 13.0 Å². The number of nitrogens with one attached hydrogen (secondary N) is 1. The third-order valence-electron chi connectivity index (χ3n) is 3.62. The van der Waals surface area contributed by atoms with Crippen LogP contribution in [0.4, 0.5) is 9.39 Å². The second-order valence-electron chi connectivity index (χ2n) is 5.46. The molecule has 1 atom stereocenters. The van der Waals surface area contributed by atoms with Crippen LogP contribution in [0.15, 0.2) is 52.3 Å². The molecule has 136 valence electrons. The Bertz CT molecular complexity index is 1030. The van der Waals surface area contributed by atoms with Gasteiger partial charge in [0.15, 0.2) is 6.10 Å². The number of carbonyl (C=O) groups is 2. The molecule has 0 unspecified atom stereocenters. The fourth-order valence-electron chi connectivity index (χ4n) is 2.23. The summed E-state index contributed by atoms with van der Waals surface area (Å²) >= 11 is 1.19. The van der Waals surface area contributed by atoms with Gasteiger partial charge in [-0.15, -0.1) is 11.3 Å². The molecule has 0 aliphatic carbocycles. The molecular formula is C19H13FN2O4S. The second kappa shape index (κ2) is 7.85. The van der Waals surface area contributed by atoms with Gasteiger partial charge in [0.2, 0.25) is 5.76 Å². The van der Waals surface area contributed by atoms with Crippen molar-refractivity contribution in [2.75, 3.05) is 5.32 Å². The van der Waals surface area contributed by atoms with Crippen molar-refractivity contribution in [3.05, 3.63) is 65.0 Å². The Balaban J connectivity index is 1.66. The van der Waals surface area contributed by atoms with Crippen molar-refractivity contribution >= 4 is 28.2 Å². The highest BCUT2D eigenvalue weighted by atomic mass is 32.1. The molecule has 3 rings (SSSR count). The van der Waals surface area contributed by atoms with Crippen molar-refractivity contribution in [1.29, 1.82) is 5.26 Å². The summed E-state index contributed by atoms with van der Waals surface area (Å²) in [6.45, 7) is 1.40. The first-order chi connectivity index (χ1) is 13.0. The highest BCUT2D eigenvalue weighted by molar-refractivity contribution is 7.14. The van der Waals surface area contributed by atoms with E-state index in [4.69, 9.17) is 14.4 Å². The summed E-state index contributed by atoms with van der Waals surface area (Å²) in [5, 5.41) is 13.5. The molecule has 2 heterocycles. The van der Waals surface area contributed by atoms with Gasteiger partial charge in [-0.25, -0.2) is 9.18 Å². The number of nitriles is 1. The molecule has 1 N–H and O–H groups in total.